The number of hydrogen-bond donors (Lipinski definition) is 3. The van der Waals surface area contributed by atoms with Gasteiger partial charge in [0, 0.05) is 26.1 Å². The van der Waals surface area contributed by atoms with Gasteiger partial charge < -0.3 is 15.3 Å². The molecule has 9 heteroatoms. The van der Waals surface area contributed by atoms with Crippen LogP contribution < -0.4 is 10.5 Å². The SMILES string of the molecule is NS(=O)(=O)CCCNC(=O)N1CCCC(CC(=O)O)C1. The third kappa shape index (κ3) is 6.71. The molecule has 1 unspecified atom stereocenters. The number of aliphatic carboxylic acids is 1. The number of sulfonamides is 1. The summed E-state index contributed by atoms with van der Waals surface area (Å²) in [7, 11) is -3.50. The third-order valence-corrected chi connectivity index (χ3v) is 4.01. The Balaban J connectivity index is 2.30. The highest BCUT2D eigenvalue weighted by molar-refractivity contribution is 7.89. The van der Waals surface area contributed by atoms with E-state index in [9.17, 15) is 18.0 Å². The van der Waals surface area contributed by atoms with Crippen molar-refractivity contribution in [3.05, 3.63) is 0 Å². The highest BCUT2D eigenvalue weighted by atomic mass is 32.2. The minimum atomic E-state index is -3.50. The summed E-state index contributed by atoms with van der Waals surface area (Å²) in [4.78, 5) is 24.1. The quantitative estimate of drug-likeness (QED) is 0.573. The number of nitrogens with two attached hydrogens (primary N) is 1. The van der Waals surface area contributed by atoms with Gasteiger partial charge in [0.1, 0.15) is 0 Å². The normalized spacial score (nSPS) is 19.6. The molecule has 0 aliphatic carbocycles. The molecule has 0 bridgehead atoms. The summed E-state index contributed by atoms with van der Waals surface area (Å²) in [5, 5.41) is 16.2. The van der Waals surface area contributed by atoms with Crippen molar-refractivity contribution < 1.29 is 23.1 Å². The van der Waals surface area contributed by atoms with E-state index < -0.39 is 16.0 Å². The van der Waals surface area contributed by atoms with Crippen molar-refractivity contribution in [1.82, 2.24) is 10.2 Å². The minimum absolute atomic E-state index is 0.0172. The average Bonchev–Trinajstić information content (AvgIpc) is 2.32. The number of rotatable bonds is 6. The van der Waals surface area contributed by atoms with Gasteiger partial charge in [-0.15, -0.1) is 0 Å². The minimum Gasteiger partial charge on any atom is -0.481 e. The summed E-state index contributed by atoms with van der Waals surface area (Å²) in [6, 6.07) is -0.283. The van der Waals surface area contributed by atoms with Gasteiger partial charge in [-0.05, 0) is 25.2 Å². The zero-order chi connectivity index (χ0) is 15.2. The number of amides is 2. The van der Waals surface area contributed by atoms with E-state index >= 15 is 0 Å². The number of piperidine rings is 1. The van der Waals surface area contributed by atoms with Crippen molar-refractivity contribution in [2.75, 3.05) is 25.4 Å². The standard InChI is InChI=1S/C11H21N3O5S/c12-20(18,19)6-2-4-13-11(17)14-5-1-3-9(8-14)7-10(15)16/h9H,1-8H2,(H,13,17)(H,15,16)(H2,12,18,19). The van der Waals surface area contributed by atoms with Crippen molar-refractivity contribution in [2.24, 2.45) is 11.1 Å². The van der Waals surface area contributed by atoms with Crippen LogP contribution in [0.4, 0.5) is 4.79 Å². The van der Waals surface area contributed by atoms with Gasteiger partial charge in [-0.1, -0.05) is 0 Å². The molecule has 1 heterocycles. The molecule has 0 aromatic carbocycles. The number of carboxylic acids is 1. The molecule has 0 aromatic heterocycles. The monoisotopic (exact) mass is 307 g/mol. The molecule has 20 heavy (non-hydrogen) atoms. The van der Waals surface area contributed by atoms with E-state index in [0.29, 0.717) is 13.1 Å². The summed E-state index contributed by atoms with van der Waals surface area (Å²) in [6.45, 7) is 1.25. The number of nitrogens with zero attached hydrogens (tertiary/aromatic N) is 1. The van der Waals surface area contributed by atoms with Crippen LogP contribution in [0.1, 0.15) is 25.7 Å². The molecule has 1 aliphatic rings. The lowest BCUT2D eigenvalue weighted by Gasteiger charge is -2.32. The zero-order valence-corrected chi connectivity index (χ0v) is 12.1. The van der Waals surface area contributed by atoms with Crippen LogP contribution in [0.3, 0.4) is 0 Å². The number of urea groups is 1. The van der Waals surface area contributed by atoms with Crippen LogP contribution in [-0.4, -0.2) is 55.8 Å². The van der Waals surface area contributed by atoms with Gasteiger partial charge in [-0.3, -0.25) is 4.79 Å². The van der Waals surface area contributed by atoms with E-state index in [1.54, 1.807) is 4.90 Å². The molecule has 0 spiro atoms. The second-order valence-corrected chi connectivity index (χ2v) is 6.74. The molecule has 8 nitrogen and oxygen atoms in total. The molecular formula is C11H21N3O5S. The van der Waals surface area contributed by atoms with Crippen LogP contribution >= 0.6 is 0 Å². The molecule has 1 fully saturated rings. The first-order valence-electron chi connectivity index (χ1n) is 6.53. The van der Waals surface area contributed by atoms with Crippen LogP contribution in [0.5, 0.6) is 0 Å². The zero-order valence-electron chi connectivity index (χ0n) is 11.2. The number of likely N-dealkylation sites (tertiary alicyclic amines) is 1. The van der Waals surface area contributed by atoms with Crippen molar-refractivity contribution in [3.63, 3.8) is 0 Å². The molecule has 4 N–H and O–H groups in total. The Morgan fingerprint density at radius 2 is 2.10 bits per heavy atom. The number of carbonyl (C=O) groups is 2. The second-order valence-electron chi connectivity index (χ2n) is 5.00. The molecule has 1 rings (SSSR count). The lowest BCUT2D eigenvalue weighted by atomic mass is 9.95. The molecule has 1 saturated heterocycles. The molecular weight excluding hydrogens is 286 g/mol. The third-order valence-electron chi connectivity index (χ3n) is 3.15. The predicted octanol–water partition coefficient (Wildman–Crippen LogP) is -0.439. The predicted molar refractivity (Wildman–Crippen MR) is 72.5 cm³/mol. The van der Waals surface area contributed by atoms with Gasteiger partial charge in [0.2, 0.25) is 10.0 Å². The Kier molecular flexibility index (Phi) is 6.21. The molecule has 116 valence electrons. The molecule has 0 radical (unpaired) electrons. The highest BCUT2D eigenvalue weighted by Crippen LogP contribution is 2.19. The van der Waals surface area contributed by atoms with Gasteiger partial charge in [-0.25, -0.2) is 18.4 Å². The number of carboxylic acid groups (broad SMARTS) is 1. The Morgan fingerprint density at radius 3 is 2.70 bits per heavy atom. The van der Waals surface area contributed by atoms with Crippen molar-refractivity contribution in [2.45, 2.75) is 25.7 Å². The largest absolute Gasteiger partial charge is 0.481 e. The lowest BCUT2D eigenvalue weighted by molar-refractivity contribution is -0.138. The smallest absolute Gasteiger partial charge is 0.317 e. The maximum Gasteiger partial charge on any atom is 0.317 e. The van der Waals surface area contributed by atoms with Gasteiger partial charge in [-0.2, -0.15) is 0 Å². The summed E-state index contributed by atoms with van der Waals surface area (Å²) in [6.07, 6.45) is 1.91. The number of carbonyl (C=O) groups excluding carboxylic acids is 1. The van der Waals surface area contributed by atoms with Gasteiger partial charge in [0.05, 0.1) is 5.75 Å². The van der Waals surface area contributed by atoms with Gasteiger partial charge in [0.25, 0.3) is 0 Å². The van der Waals surface area contributed by atoms with Crippen LogP contribution in [-0.2, 0) is 14.8 Å². The Labute approximate surface area is 118 Å². The van der Waals surface area contributed by atoms with E-state index in [0.717, 1.165) is 12.8 Å². The molecule has 0 saturated carbocycles. The second kappa shape index (κ2) is 7.44. The van der Waals surface area contributed by atoms with Crippen molar-refractivity contribution in [3.8, 4) is 0 Å². The van der Waals surface area contributed by atoms with Crippen LogP contribution in [0.15, 0.2) is 0 Å². The van der Waals surface area contributed by atoms with Gasteiger partial charge >= 0.3 is 12.0 Å². The maximum atomic E-state index is 11.8. The number of nitrogens with one attached hydrogen (secondary N) is 1. The molecule has 1 aliphatic heterocycles. The fraction of sp³-hybridized carbons (Fsp3) is 0.818. The van der Waals surface area contributed by atoms with Crippen LogP contribution in [0, 0.1) is 5.92 Å². The number of primary sulfonamides is 1. The summed E-state index contributed by atoms with van der Waals surface area (Å²) in [5.41, 5.74) is 0. The number of hydrogen-bond acceptors (Lipinski definition) is 4. The van der Waals surface area contributed by atoms with E-state index in [1.807, 2.05) is 0 Å². The Hall–Kier alpha value is -1.35. The topological polar surface area (TPSA) is 130 Å². The molecule has 0 aromatic rings. The van der Waals surface area contributed by atoms with Crippen molar-refractivity contribution in [1.29, 1.82) is 0 Å². The van der Waals surface area contributed by atoms with Gasteiger partial charge in [0.15, 0.2) is 0 Å². The first-order valence-corrected chi connectivity index (χ1v) is 8.24. The maximum absolute atomic E-state index is 11.8. The fourth-order valence-electron chi connectivity index (χ4n) is 2.24. The highest BCUT2D eigenvalue weighted by Gasteiger charge is 2.24. The fourth-order valence-corrected chi connectivity index (χ4v) is 2.79. The summed E-state index contributed by atoms with van der Waals surface area (Å²) in [5.74, 6) is -1.05. The summed E-state index contributed by atoms with van der Waals surface area (Å²) >= 11 is 0. The Bertz CT molecular complexity index is 451. The Morgan fingerprint density at radius 1 is 1.40 bits per heavy atom. The first-order chi connectivity index (χ1) is 9.28. The molecule has 2 amide bonds. The van der Waals surface area contributed by atoms with Crippen molar-refractivity contribution >= 4 is 22.0 Å². The van der Waals surface area contributed by atoms with E-state index in [4.69, 9.17) is 10.2 Å². The average molecular weight is 307 g/mol. The molecule has 1 atom stereocenters. The van der Waals surface area contributed by atoms with E-state index in [-0.39, 0.29) is 37.1 Å². The van der Waals surface area contributed by atoms with Crippen LogP contribution in [0.25, 0.3) is 0 Å². The summed E-state index contributed by atoms with van der Waals surface area (Å²) < 4.78 is 21.4. The van der Waals surface area contributed by atoms with Crippen LogP contribution in [0.2, 0.25) is 0 Å². The lowest BCUT2D eigenvalue weighted by Crippen LogP contribution is -2.46. The first kappa shape index (κ1) is 16.7. The van der Waals surface area contributed by atoms with E-state index in [1.165, 1.54) is 0 Å². The van der Waals surface area contributed by atoms with E-state index in [2.05, 4.69) is 5.32 Å².